The van der Waals surface area contributed by atoms with Crippen molar-refractivity contribution < 1.29 is 4.79 Å². The predicted octanol–water partition coefficient (Wildman–Crippen LogP) is 4.42. The maximum Gasteiger partial charge on any atom is 0.274 e. The van der Waals surface area contributed by atoms with E-state index in [1.54, 1.807) is 6.20 Å². The van der Waals surface area contributed by atoms with Gasteiger partial charge in [-0.3, -0.25) is 4.79 Å². The zero-order valence-corrected chi connectivity index (χ0v) is 19.0. The number of hydrogen-bond acceptors (Lipinski definition) is 4. The molecule has 4 rings (SSSR count). The molecule has 0 aliphatic heterocycles. The van der Waals surface area contributed by atoms with E-state index in [-0.39, 0.29) is 17.6 Å². The first-order valence-corrected chi connectivity index (χ1v) is 12.3. The molecule has 0 saturated carbocycles. The van der Waals surface area contributed by atoms with E-state index in [1.807, 2.05) is 68.4 Å². The first-order valence-electron chi connectivity index (χ1n) is 10.5. The second kappa shape index (κ2) is 9.71. The fourth-order valence-corrected chi connectivity index (χ4v) is 7.07. The number of aromatic nitrogens is 2. The van der Waals surface area contributed by atoms with Crippen molar-refractivity contribution in [2.75, 3.05) is 0 Å². The summed E-state index contributed by atoms with van der Waals surface area (Å²) in [7, 11) is -2.53. The van der Waals surface area contributed by atoms with E-state index in [2.05, 4.69) is 51.7 Å². The van der Waals surface area contributed by atoms with Gasteiger partial charge in [0.2, 0.25) is 0 Å². The van der Waals surface area contributed by atoms with Crippen molar-refractivity contribution in [2.45, 2.75) is 19.9 Å². The topological polar surface area (TPSA) is 67.2 Å². The van der Waals surface area contributed by atoms with Crippen LogP contribution in [-0.4, -0.2) is 21.9 Å². The van der Waals surface area contributed by atoms with Crippen molar-refractivity contribution in [3.05, 3.63) is 109 Å². The first-order chi connectivity index (χ1) is 15.6. The van der Waals surface area contributed by atoms with Gasteiger partial charge in [-0.2, -0.15) is 0 Å². The Hall–Kier alpha value is -3.56. The number of amides is 1. The lowest BCUT2D eigenvalue weighted by molar-refractivity contribution is 0.0938. The van der Waals surface area contributed by atoms with Crippen LogP contribution in [0.4, 0.5) is 5.82 Å². The zero-order valence-electron chi connectivity index (χ0n) is 18.1. The molecule has 0 aliphatic rings. The Balaban J connectivity index is 2.09. The summed E-state index contributed by atoms with van der Waals surface area (Å²) in [5, 5.41) is 6.16. The molecule has 0 aliphatic carbocycles. The molecular formula is C26H25N4OP. The first kappa shape index (κ1) is 21.7. The average molecular weight is 440 g/mol. The second-order valence-electron chi connectivity index (χ2n) is 7.60. The summed E-state index contributed by atoms with van der Waals surface area (Å²) in [6.07, 6.45) is 3.11. The highest BCUT2D eigenvalue weighted by molar-refractivity contribution is 7.87. The molecule has 1 aromatic heterocycles. The van der Waals surface area contributed by atoms with E-state index < -0.39 is 7.05 Å². The molecule has 1 N–H and O–H groups in total. The quantitative estimate of drug-likeness (QED) is 0.451. The van der Waals surface area contributed by atoms with Gasteiger partial charge < -0.3 is 5.32 Å². The van der Waals surface area contributed by atoms with Gasteiger partial charge in [0.15, 0.2) is 11.5 Å². The number of carbonyl (C=O) groups is 1. The summed E-state index contributed by atoms with van der Waals surface area (Å²) in [6, 6.07) is 30.7. The number of benzene rings is 3. The fourth-order valence-electron chi connectivity index (χ4n) is 3.59. The normalized spacial score (nSPS) is 11.2. The van der Waals surface area contributed by atoms with Crippen LogP contribution >= 0.6 is 7.05 Å². The number of nitrogens with one attached hydrogen (secondary N) is 1. The largest absolute Gasteiger partial charge is 0.348 e. The monoisotopic (exact) mass is 440 g/mol. The molecule has 160 valence electrons. The molecule has 0 spiro atoms. The van der Waals surface area contributed by atoms with Crippen LogP contribution in [-0.2, 0) is 0 Å². The lowest BCUT2D eigenvalue weighted by Gasteiger charge is -2.26. The van der Waals surface area contributed by atoms with Crippen LogP contribution in [0.3, 0.4) is 0 Å². The lowest BCUT2D eigenvalue weighted by atomic mass is 10.3. The number of rotatable bonds is 6. The van der Waals surface area contributed by atoms with E-state index in [0.29, 0.717) is 5.82 Å². The smallest absolute Gasteiger partial charge is 0.274 e. The standard InChI is InChI=1S/C26H25N4OP/c1-20(2)29-26(31)24-25(28-19-18-27-24)30-32(21-12-6-3-7-13-21,22-14-8-4-9-15-22)23-16-10-5-11-17-23/h3-20H,1-2H3,(H,29,31). The van der Waals surface area contributed by atoms with E-state index in [0.717, 1.165) is 15.9 Å². The van der Waals surface area contributed by atoms with Crippen LogP contribution in [0.1, 0.15) is 24.3 Å². The molecule has 1 heterocycles. The Morgan fingerprint density at radius 2 is 1.19 bits per heavy atom. The average Bonchev–Trinajstić information content (AvgIpc) is 2.84. The van der Waals surface area contributed by atoms with Crippen molar-refractivity contribution in [1.82, 2.24) is 15.3 Å². The van der Waals surface area contributed by atoms with Crippen LogP contribution in [0, 0.1) is 0 Å². The van der Waals surface area contributed by atoms with E-state index in [4.69, 9.17) is 4.74 Å². The third-order valence-electron chi connectivity index (χ3n) is 4.95. The van der Waals surface area contributed by atoms with E-state index >= 15 is 0 Å². The molecule has 0 saturated heterocycles. The maximum atomic E-state index is 12.9. The van der Waals surface area contributed by atoms with Gasteiger partial charge in [0.1, 0.15) is 0 Å². The van der Waals surface area contributed by atoms with Crippen LogP contribution in [0.5, 0.6) is 0 Å². The molecule has 3 aromatic carbocycles. The van der Waals surface area contributed by atoms with Crippen molar-refractivity contribution in [3.63, 3.8) is 0 Å². The van der Waals surface area contributed by atoms with Gasteiger partial charge in [-0.1, -0.05) is 91.0 Å². The van der Waals surface area contributed by atoms with Crippen LogP contribution < -0.4 is 21.2 Å². The van der Waals surface area contributed by atoms with Gasteiger partial charge in [0.05, 0.1) is 7.05 Å². The summed E-state index contributed by atoms with van der Waals surface area (Å²) < 4.78 is 5.31. The van der Waals surface area contributed by atoms with Gasteiger partial charge in [-0.05, 0) is 13.8 Å². The highest BCUT2D eigenvalue weighted by atomic mass is 31.2. The highest BCUT2D eigenvalue weighted by Crippen LogP contribution is 2.49. The van der Waals surface area contributed by atoms with Gasteiger partial charge in [-0.15, -0.1) is 0 Å². The summed E-state index contributed by atoms with van der Waals surface area (Å²) in [4.78, 5) is 21.8. The molecule has 0 atom stereocenters. The van der Waals surface area contributed by atoms with Crippen molar-refractivity contribution in [3.8, 4) is 0 Å². The molecule has 32 heavy (non-hydrogen) atoms. The SMILES string of the molecule is CC(C)NC(=O)c1nccnc1N=P(c1ccccc1)(c1ccccc1)c1ccccc1. The molecule has 5 nitrogen and oxygen atoms in total. The lowest BCUT2D eigenvalue weighted by Crippen LogP contribution is -2.31. The summed E-state index contributed by atoms with van der Waals surface area (Å²) in [5.41, 5.74) is 0.230. The Bertz CT molecular complexity index is 1140. The van der Waals surface area contributed by atoms with Gasteiger partial charge in [-0.25, -0.2) is 14.7 Å². The molecule has 6 heteroatoms. The predicted molar refractivity (Wildman–Crippen MR) is 132 cm³/mol. The van der Waals surface area contributed by atoms with Gasteiger partial charge in [0, 0.05) is 34.3 Å². The summed E-state index contributed by atoms with van der Waals surface area (Å²) >= 11 is 0. The highest BCUT2D eigenvalue weighted by Gasteiger charge is 2.29. The molecule has 0 bridgehead atoms. The third-order valence-corrected chi connectivity index (χ3v) is 8.57. The van der Waals surface area contributed by atoms with E-state index in [9.17, 15) is 4.79 Å². The molecule has 0 fully saturated rings. The summed E-state index contributed by atoms with van der Waals surface area (Å²) in [6.45, 7) is 3.83. The van der Waals surface area contributed by atoms with Gasteiger partial charge >= 0.3 is 0 Å². The van der Waals surface area contributed by atoms with Crippen LogP contribution in [0.25, 0.3) is 0 Å². The molecule has 1 amide bonds. The van der Waals surface area contributed by atoms with Crippen LogP contribution in [0.15, 0.2) is 108 Å². The minimum atomic E-state index is -2.53. The summed E-state index contributed by atoms with van der Waals surface area (Å²) in [5.74, 6) is 0.0645. The second-order valence-corrected chi connectivity index (χ2v) is 10.6. The molecule has 0 unspecified atom stereocenters. The van der Waals surface area contributed by atoms with E-state index in [1.165, 1.54) is 6.20 Å². The van der Waals surface area contributed by atoms with Crippen LogP contribution in [0.2, 0.25) is 0 Å². The minimum absolute atomic E-state index is 0.0192. The van der Waals surface area contributed by atoms with Crippen molar-refractivity contribution in [1.29, 1.82) is 0 Å². The number of carbonyl (C=O) groups excluding carboxylic acids is 1. The Kier molecular flexibility index (Phi) is 6.58. The molecule has 0 radical (unpaired) electrons. The van der Waals surface area contributed by atoms with Gasteiger partial charge in [0.25, 0.3) is 5.91 Å². The number of hydrogen-bond donors (Lipinski definition) is 1. The maximum absolute atomic E-state index is 12.9. The van der Waals surface area contributed by atoms with Crippen molar-refractivity contribution in [2.24, 2.45) is 4.74 Å². The Labute approximate surface area is 188 Å². The number of nitrogens with zero attached hydrogens (tertiary/aromatic N) is 3. The minimum Gasteiger partial charge on any atom is -0.348 e. The molecule has 4 aromatic rings. The third kappa shape index (κ3) is 4.39. The Morgan fingerprint density at radius 3 is 1.62 bits per heavy atom. The Morgan fingerprint density at radius 1 is 0.750 bits per heavy atom. The fraction of sp³-hybridized carbons (Fsp3) is 0.115. The zero-order chi connectivity index (χ0) is 22.4. The molecular weight excluding hydrogens is 415 g/mol. The van der Waals surface area contributed by atoms with Crippen molar-refractivity contribution >= 4 is 34.7 Å².